The second-order valence-electron chi connectivity index (χ2n) is 6.13. The third-order valence-corrected chi connectivity index (χ3v) is 4.67. The predicted octanol–water partition coefficient (Wildman–Crippen LogP) is 2.91. The van der Waals surface area contributed by atoms with Gasteiger partial charge in [-0.2, -0.15) is 0 Å². The van der Waals surface area contributed by atoms with Crippen molar-refractivity contribution in [2.75, 3.05) is 19.6 Å². The molecule has 2 atom stereocenters. The van der Waals surface area contributed by atoms with Crippen molar-refractivity contribution >= 4 is 12.4 Å². The Bertz CT molecular complexity index is 465. The first-order valence-corrected chi connectivity index (χ1v) is 6.84. The van der Waals surface area contributed by atoms with E-state index in [1.54, 1.807) is 12.1 Å². The van der Waals surface area contributed by atoms with E-state index in [1.165, 1.54) is 11.1 Å². The fourth-order valence-corrected chi connectivity index (χ4v) is 3.43. The highest BCUT2D eigenvalue weighted by atomic mass is 35.5. The van der Waals surface area contributed by atoms with Gasteiger partial charge in [-0.05, 0) is 61.0 Å². The maximum Gasteiger partial charge on any atom is 0.123 e. The minimum Gasteiger partial charge on any atom is -0.330 e. The van der Waals surface area contributed by atoms with Crippen molar-refractivity contribution in [3.63, 3.8) is 0 Å². The van der Waals surface area contributed by atoms with E-state index in [0.717, 1.165) is 38.9 Å². The van der Waals surface area contributed by atoms with Gasteiger partial charge in [-0.15, -0.1) is 12.4 Å². The highest BCUT2D eigenvalue weighted by Gasteiger charge is 2.38. The van der Waals surface area contributed by atoms with Gasteiger partial charge in [0.25, 0.3) is 0 Å². The number of nitrogens with two attached hydrogens (primary N) is 1. The Morgan fingerprint density at radius 2 is 2.26 bits per heavy atom. The number of hydrogen-bond donors (Lipinski definition) is 1. The average molecular weight is 285 g/mol. The molecule has 19 heavy (non-hydrogen) atoms. The standard InChI is InChI=1S/C15H21FN2.ClH/c1-15(9-17)6-7-18(10-15)14-5-3-11-2-4-12(16)8-13(11)14;/h2,4,8,14H,3,5-7,9-10,17H2,1H3;1H. The molecule has 1 saturated heterocycles. The van der Waals surface area contributed by atoms with E-state index in [0.29, 0.717) is 6.04 Å². The minimum absolute atomic E-state index is 0. The van der Waals surface area contributed by atoms with E-state index in [2.05, 4.69) is 11.8 Å². The molecule has 1 aliphatic carbocycles. The van der Waals surface area contributed by atoms with Gasteiger partial charge in [-0.3, -0.25) is 4.90 Å². The van der Waals surface area contributed by atoms with Crippen molar-refractivity contribution in [2.45, 2.75) is 32.2 Å². The highest BCUT2D eigenvalue weighted by molar-refractivity contribution is 5.85. The molecule has 3 rings (SSSR count). The lowest BCUT2D eigenvalue weighted by molar-refractivity contribution is 0.213. The van der Waals surface area contributed by atoms with E-state index in [4.69, 9.17) is 5.73 Å². The zero-order chi connectivity index (χ0) is 12.8. The Balaban J connectivity index is 0.00000133. The van der Waals surface area contributed by atoms with Gasteiger partial charge in [-0.25, -0.2) is 4.39 Å². The molecule has 0 bridgehead atoms. The van der Waals surface area contributed by atoms with E-state index < -0.39 is 0 Å². The second kappa shape index (κ2) is 5.39. The van der Waals surface area contributed by atoms with Crippen LogP contribution in [0.2, 0.25) is 0 Å². The molecular weight excluding hydrogens is 263 g/mol. The number of fused-ring (bicyclic) bond motifs is 1. The quantitative estimate of drug-likeness (QED) is 0.905. The first-order valence-electron chi connectivity index (χ1n) is 6.84. The maximum absolute atomic E-state index is 13.4. The van der Waals surface area contributed by atoms with Crippen LogP contribution in [-0.2, 0) is 6.42 Å². The summed E-state index contributed by atoms with van der Waals surface area (Å²) < 4.78 is 13.4. The topological polar surface area (TPSA) is 29.3 Å². The van der Waals surface area contributed by atoms with Gasteiger partial charge in [0.05, 0.1) is 0 Å². The van der Waals surface area contributed by atoms with E-state index in [1.807, 2.05) is 6.07 Å². The molecule has 2 nitrogen and oxygen atoms in total. The van der Waals surface area contributed by atoms with Crippen LogP contribution < -0.4 is 5.73 Å². The van der Waals surface area contributed by atoms with Crippen molar-refractivity contribution in [1.29, 1.82) is 0 Å². The Hall–Kier alpha value is -0.640. The monoisotopic (exact) mass is 284 g/mol. The van der Waals surface area contributed by atoms with Crippen molar-refractivity contribution < 1.29 is 4.39 Å². The first kappa shape index (κ1) is 14.8. The highest BCUT2D eigenvalue weighted by Crippen LogP contribution is 2.41. The normalized spacial score (nSPS) is 30.2. The molecule has 0 aromatic heterocycles. The molecule has 1 aromatic rings. The fraction of sp³-hybridized carbons (Fsp3) is 0.600. The molecule has 4 heteroatoms. The van der Waals surface area contributed by atoms with E-state index in [9.17, 15) is 4.39 Å². The molecule has 1 heterocycles. The molecule has 0 radical (unpaired) electrons. The van der Waals surface area contributed by atoms with E-state index >= 15 is 0 Å². The number of nitrogens with zero attached hydrogens (tertiary/aromatic N) is 1. The summed E-state index contributed by atoms with van der Waals surface area (Å²) in [6, 6.07) is 5.66. The number of likely N-dealkylation sites (tertiary alicyclic amines) is 1. The van der Waals surface area contributed by atoms with Gasteiger partial charge in [0, 0.05) is 12.6 Å². The predicted molar refractivity (Wildman–Crippen MR) is 78.1 cm³/mol. The number of halogens is 2. The summed E-state index contributed by atoms with van der Waals surface area (Å²) in [6.07, 6.45) is 3.36. The third kappa shape index (κ3) is 2.64. The lowest BCUT2D eigenvalue weighted by atomic mass is 9.90. The summed E-state index contributed by atoms with van der Waals surface area (Å²) in [4.78, 5) is 2.50. The van der Waals surface area contributed by atoms with Crippen LogP contribution in [0.5, 0.6) is 0 Å². The third-order valence-electron chi connectivity index (χ3n) is 4.67. The van der Waals surface area contributed by atoms with Crippen LogP contribution >= 0.6 is 12.4 Å². The average Bonchev–Trinajstić information content (AvgIpc) is 2.93. The Morgan fingerprint density at radius 1 is 1.47 bits per heavy atom. The zero-order valence-electron chi connectivity index (χ0n) is 11.4. The maximum atomic E-state index is 13.4. The molecule has 1 aromatic carbocycles. The molecular formula is C15H22ClFN2. The van der Waals surface area contributed by atoms with Gasteiger partial charge >= 0.3 is 0 Å². The molecule has 1 fully saturated rings. The molecule has 0 amide bonds. The van der Waals surface area contributed by atoms with E-state index in [-0.39, 0.29) is 23.6 Å². The summed E-state index contributed by atoms with van der Waals surface area (Å²) in [7, 11) is 0. The van der Waals surface area contributed by atoms with Gasteiger partial charge < -0.3 is 5.73 Å². The number of hydrogen-bond acceptors (Lipinski definition) is 2. The Morgan fingerprint density at radius 3 is 2.95 bits per heavy atom. The van der Waals surface area contributed by atoms with Crippen LogP contribution in [0.4, 0.5) is 4.39 Å². The number of benzene rings is 1. The largest absolute Gasteiger partial charge is 0.330 e. The number of rotatable bonds is 2. The molecule has 0 spiro atoms. The molecule has 106 valence electrons. The molecule has 2 aliphatic rings. The zero-order valence-corrected chi connectivity index (χ0v) is 12.2. The van der Waals surface area contributed by atoms with Crippen molar-refractivity contribution in [3.8, 4) is 0 Å². The van der Waals surface area contributed by atoms with Crippen molar-refractivity contribution in [2.24, 2.45) is 11.1 Å². The van der Waals surface area contributed by atoms with Crippen LogP contribution in [0.1, 0.15) is 36.9 Å². The van der Waals surface area contributed by atoms with Gasteiger partial charge in [0.1, 0.15) is 5.82 Å². The van der Waals surface area contributed by atoms with Crippen LogP contribution in [0.3, 0.4) is 0 Å². The van der Waals surface area contributed by atoms with Crippen LogP contribution in [0.25, 0.3) is 0 Å². The first-order chi connectivity index (χ1) is 8.61. The Labute approximate surface area is 120 Å². The Kier molecular flexibility index (Phi) is 4.19. The number of aryl methyl sites for hydroxylation is 1. The molecule has 0 saturated carbocycles. The molecule has 2 unspecified atom stereocenters. The lowest BCUT2D eigenvalue weighted by Gasteiger charge is -2.27. The summed E-state index contributed by atoms with van der Waals surface area (Å²) in [6.45, 7) is 5.14. The smallest absolute Gasteiger partial charge is 0.123 e. The summed E-state index contributed by atoms with van der Waals surface area (Å²) >= 11 is 0. The van der Waals surface area contributed by atoms with Gasteiger partial charge in [0.15, 0.2) is 0 Å². The van der Waals surface area contributed by atoms with Crippen LogP contribution in [-0.4, -0.2) is 24.5 Å². The second-order valence-corrected chi connectivity index (χ2v) is 6.13. The lowest BCUT2D eigenvalue weighted by Crippen LogP contribution is -2.32. The van der Waals surface area contributed by atoms with Gasteiger partial charge in [0.2, 0.25) is 0 Å². The minimum atomic E-state index is -0.110. The van der Waals surface area contributed by atoms with Crippen molar-refractivity contribution in [3.05, 3.63) is 35.1 Å². The van der Waals surface area contributed by atoms with Crippen LogP contribution in [0, 0.1) is 11.2 Å². The van der Waals surface area contributed by atoms with Crippen LogP contribution in [0.15, 0.2) is 18.2 Å². The summed E-state index contributed by atoms with van der Waals surface area (Å²) in [5, 5.41) is 0. The fourth-order valence-electron chi connectivity index (χ4n) is 3.43. The summed E-state index contributed by atoms with van der Waals surface area (Å²) in [5.74, 6) is -0.110. The summed E-state index contributed by atoms with van der Waals surface area (Å²) in [5.41, 5.74) is 8.63. The van der Waals surface area contributed by atoms with Crippen molar-refractivity contribution in [1.82, 2.24) is 4.90 Å². The SMILES string of the molecule is CC1(CN)CCN(C2CCc3ccc(F)cc32)C1.Cl. The molecule has 2 N–H and O–H groups in total. The molecule has 1 aliphatic heterocycles. The van der Waals surface area contributed by atoms with Gasteiger partial charge in [-0.1, -0.05) is 13.0 Å².